The molecule has 0 unspecified atom stereocenters. The van der Waals surface area contributed by atoms with E-state index in [0.717, 1.165) is 43.5 Å². The van der Waals surface area contributed by atoms with Crippen molar-refractivity contribution in [2.24, 2.45) is 0 Å². The summed E-state index contributed by atoms with van der Waals surface area (Å²) in [6, 6.07) is 0.176. The Balaban J connectivity index is 1.87. The van der Waals surface area contributed by atoms with Gasteiger partial charge in [-0.3, -0.25) is 4.79 Å². The van der Waals surface area contributed by atoms with Crippen LogP contribution in [-0.2, 0) is 14.9 Å². The molecule has 0 amide bonds. The van der Waals surface area contributed by atoms with Crippen LogP contribution >= 0.6 is 11.8 Å². The van der Waals surface area contributed by atoms with Gasteiger partial charge in [-0.05, 0) is 51.7 Å². The first-order valence-electron chi connectivity index (χ1n) is 8.62. The summed E-state index contributed by atoms with van der Waals surface area (Å²) in [4.78, 5) is 21.4. The van der Waals surface area contributed by atoms with Crippen LogP contribution in [-0.4, -0.2) is 46.1 Å². The predicted molar refractivity (Wildman–Crippen MR) is 93.2 cm³/mol. The number of anilines is 1. The molecule has 1 aromatic heterocycles. The fourth-order valence-electron chi connectivity index (χ4n) is 3.39. The van der Waals surface area contributed by atoms with Gasteiger partial charge in [-0.2, -0.15) is 0 Å². The number of rotatable bonds is 6. The molecule has 0 aliphatic heterocycles. The second-order valence-corrected chi connectivity index (χ2v) is 7.36. The molecule has 2 fully saturated rings. The lowest BCUT2D eigenvalue weighted by atomic mass is 9.92. The number of aliphatic hydroxyl groups is 1. The minimum atomic E-state index is -0.595. The molecule has 0 saturated heterocycles. The third kappa shape index (κ3) is 3.52. The highest BCUT2D eigenvalue weighted by atomic mass is 32.2. The largest absolute Gasteiger partial charge is 0.465 e. The van der Waals surface area contributed by atoms with Crippen LogP contribution in [0.3, 0.4) is 0 Å². The van der Waals surface area contributed by atoms with Crippen LogP contribution in [0.1, 0.15) is 51.0 Å². The maximum Gasteiger partial charge on any atom is 0.316 e. The number of esters is 1. The smallest absolute Gasteiger partial charge is 0.316 e. The Hall–Kier alpha value is -1.34. The highest BCUT2D eigenvalue weighted by Crippen LogP contribution is 2.51. The van der Waals surface area contributed by atoms with Crippen molar-refractivity contribution in [1.29, 1.82) is 0 Å². The maximum absolute atomic E-state index is 12.4. The Morgan fingerprint density at radius 3 is 2.92 bits per heavy atom. The van der Waals surface area contributed by atoms with E-state index in [1.165, 1.54) is 11.8 Å². The van der Waals surface area contributed by atoms with Gasteiger partial charge in [0.15, 0.2) is 5.16 Å². The summed E-state index contributed by atoms with van der Waals surface area (Å²) in [5.41, 5.74) is 0.238. The predicted octanol–water partition coefficient (Wildman–Crippen LogP) is 2.51. The van der Waals surface area contributed by atoms with Crippen molar-refractivity contribution in [1.82, 2.24) is 9.97 Å². The average Bonchev–Trinajstić information content (AvgIpc) is 3.37. The molecule has 6 nitrogen and oxygen atoms in total. The molecular weight excluding hydrogens is 326 g/mol. The van der Waals surface area contributed by atoms with Crippen molar-refractivity contribution in [3.63, 3.8) is 0 Å². The molecule has 0 spiro atoms. The van der Waals surface area contributed by atoms with Crippen LogP contribution in [0.25, 0.3) is 0 Å². The molecule has 24 heavy (non-hydrogen) atoms. The maximum atomic E-state index is 12.4. The van der Waals surface area contributed by atoms with E-state index in [1.54, 1.807) is 6.20 Å². The van der Waals surface area contributed by atoms with Crippen LogP contribution in [0.5, 0.6) is 0 Å². The van der Waals surface area contributed by atoms with Gasteiger partial charge in [0.25, 0.3) is 0 Å². The number of hydrogen-bond acceptors (Lipinski definition) is 7. The Bertz CT molecular complexity index is 607. The third-order valence-corrected chi connectivity index (χ3v) is 5.43. The summed E-state index contributed by atoms with van der Waals surface area (Å²) in [5.74, 6) is 0.538. The summed E-state index contributed by atoms with van der Waals surface area (Å²) in [6.45, 7) is 2.20. The van der Waals surface area contributed by atoms with E-state index in [4.69, 9.17) is 4.74 Å². The molecule has 2 N–H and O–H groups in total. The lowest BCUT2D eigenvalue weighted by molar-refractivity contribution is -0.146. The molecule has 0 radical (unpaired) electrons. The number of nitrogens with zero attached hydrogens (tertiary/aromatic N) is 2. The molecule has 132 valence electrons. The van der Waals surface area contributed by atoms with Crippen molar-refractivity contribution in [2.45, 2.75) is 68.2 Å². The zero-order chi connectivity index (χ0) is 17.2. The SMILES string of the molecule is CCOC(=O)C1(c2cnc(SC)nc2N[C@@H]2CCC[C@@H](O)C2)CC1. The average molecular weight is 351 g/mol. The number of hydrogen-bond donors (Lipinski definition) is 2. The van der Waals surface area contributed by atoms with E-state index in [0.29, 0.717) is 18.2 Å². The molecule has 2 aliphatic rings. The van der Waals surface area contributed by atoms with E-state index in [9.17, 15) is 9.90 Å². The van der Waals surface area contributed by atoms with Gasteiger partial charge < -0.3 is 15.2 Å². The molecule has 1 heterocycles. The first-order valence-corrected chi connectivity index (χ1v) is 9.85. The first kappa shape index (κ1) is 17.5. The molecule has 2 atom stereocenters. The standard InChI is InChI=1S/C17H25N3O3S/c1-3-23-15(22)17(7-8-17)13-10-18-16(24-2)20-14(13)19-11-5-4-6-12(21)9-11/h10-12,21H,3-9H2,1-2H3,(H,18,19,20)/t11-,12-/m1/s1. The summed E-state index contributed by atoms with van der Waals surface area (Å²) in [5, 5.41) is 14.1. The molecule has 3 rings (SSSR count). The van der Waals surface area contributed by atoms with Crippen LogP contribution in [0.4, 0.5) is 5.82 Å². The van der Waals surface area contributed by atoms with Gasteiger partial charge in [-0.15, -0.1) is 0 Å². The van der Waals surface area contributed by atoms with E-state index < -0.39 is 5.41 Å². The minimum absolute atomic E-state index is 0.176. The molecule has 0 bridgehead atoms. The van der Waals surface area contributed by atoms with Crippen molar-refractivity contribution >= 4 is 23.5 Å². The van der Waals surface area contributed by atoms with Gasteiger partial charge in [0.05, 0.1) is 18.1 Å². The van der Waals surface area contributed by atoms with E-state index in [-0.39, 0.29) is 18.1 Å². The Morgan fingerprint density at radius 2 is 2.29 bits per heavy atom. The fourth-order valence-corrected chi connectivity index (χ4v) is 3.73. The van der Waals surface area contributed by atoms with Crippen molar-refractivity contribution < 1.29 is 14.6 Å². The van der Waals surface area contributed by atoms with E-state index >= 15 is 0 Å². The minimum Gasteiger partial charge on any atom is -0.465 e. The second-order valence-electron chi connectivity index (χ2n) is 6.58. The number of aliphatic hydroxyl groups excluding tert-OH is 1. The van der Waals surface area contributed by atoms with Crippen LogP contribution in [0.2, 0.25) is 0 Å². The number of nitrogens with one attached hydrogen (secondary N) is 1. The molecule has 1 aromatic rings. The highest BCUT2D eigenvalue weighted by molar-refractivity contribution is 7.98. The van der Waals surface area contributed by atoms with Gasteiger partial charge in [0.2, 0.25) is 0 Å². The Labute approximate surface area is 146 Å². The molecule has 2 aliphatic carbocycles. The Morgan fingerprint density at radius 1 is 1.50 bits per heavy atom. The summed E-state index contributed by atoms with van der Waals surface area (Å²) < 4.78 is 5.27. The van der Waals surface area contributed by atoms with Crippen molar-refractivity contribution in [2.75, 3.05) is 18.2 Å². The first-order chi connectivity index (χ1) is 11.6. The molecule has 2 saturated carbocycles. The summed E-state index contributed by atoms with van der Waals surface area (Å²) >= 11 is 1.48. The molecule has 7 heteroatoms. The zero-order valence-electron chi connectivity index (χ0n) is 14.2. The summed E-state index contributed by atoms with van der Waals surface area (Å²) in [7, 11) is 0. The quantitative estimate of drug-likeness (QED) is 0.463. The summed E-state index contributed by atoms with van der Waals surface area (Å²) in [6.07, 6.45) is 8.56. The highest BCUT2D eigenvalue weighted by Gasteiger charge is 2.54. The number of thioether (sulfide) groups is 1. The van der Waals surface area contributed by atoms with Crippen molar-refractivity contribution in [3.05, 3.63) is 11.8 Å². The van der Waals surface area contributed by atoms with Crippen molar-refractivity contribution in [3.8, 4) is 0 Å². The number of carbonyl (C=O) groups excluding carboxylic acids is 1. The van der Waals surface area contributed by atoms with E-state index in [2.05, 4.69) is 15.3 Å². The number of aromatic nitrogens is 2. The Kier molecular flexibility index (Phi) is 5.30. The van der Waals surface area contributed by atoms with Gasteiger partial charge in [-0.25, -0.2) is 9.97 Å². The van der Waals surface area contributed by atoms with Crippen LogP contribution < -0.4 is 5.32 Å². The second kappa shape index (κ2) is 7.27. The lowest BCUT2D eigenvalue weighted by Crippen LogP contribution is -2.32. The van der Waals surface area contributed by atoms with Crippen LogP contribution in [0.15, 0.2) is 11.4 Å². The van der Waals surface area contributed by atoms with Gasteiger partial charge in [0, 0.05) is 17.8 Å². The molecule has 0 aromatic carbocycles. The van der Waals surface area contributed by atoms with Gasteiger partial charge in [0.1, 0.15) is 5.82 Å². The fraction of sp³-hybridized carbons (Fsp3) is 0.706. The zero-order valence-corrected chi connectivity index (χ0v) is 15.1. The number of carbonyl (C=O) groups is 1. The number of ether oxygens (including phenoxy) is 1. The monoisotopic (exact) mass is 351 g/mol. The molecular formula is C17H25N3O3S. The van der Waals surface area contributed by atoms with Gasteiger partial charge >= 0.3 is 5.97 Å². The third-order valence-electron chi connectivity index (χ3n) is 4.87. The van der Waals surface area contributed by atoms with Gasteiger partial charge in [-0.1, -0.05) is 11.8 Å². The normalized spacial score (nSPS) is 25.1. The topological polar surface area (TPSA) is 84.3 Å². The van der Waals surface area contributed by atoms with Crippen LogP contribution in [0, 0.1) is 0 Å². The van der Waals surface area contributed by atoms with E-state index in [1.807, 2.05) is 13.2 Å². The lowest BCUT2D eigenvalue weighted by Gasteiger charge is -2.28.